The monoisotopic (exact) mass is 429 g/mol. The first kappa shape index (κ1) is 18.8. The van der Waals surface area contributed by atoms with E-state index in [-0.39, 0.29) is 17.4 Å². The highest BCUT2D eigenvalue weighted by molar-refractivity contribution is 7.91. The van der Waals surface area contributed by atoms with E-state index in [1.54, 1.807) is 11.3 Å². The molecule has 0 aliphatic carbocycles. The van der Waals surface area contributed by atoms with Crippen molar-refractivity contribution in [2.45, 2.75) is 25.3 Å². The number of nitrogens with zero attached hydrogens (tertiary/aromatic N) is 1. The van der Waals surface area contributed by atoms with E-state index in [1.807, 2.05) is 12.3 Å². The van der Waals surface area contributed by atoms with E-state index in [1.165, 1.54) is 11.3 Å². The first-order valence-electron chi connectivity index (χ1n) is 9.85. The number of nitrogens with one attached hydrogen (secondary N) is 1. The van der Waals surface area contributed by atoms with Crippen LogP contribution in [-0.4, -0.2) is 48.8 Å². The van der Waals surface area contributed by atoms with Gasteiger partial charge in [-0.25, -0.2) is 8.42 Å². The van der Waals surface area contributed by atoms with Gasteiger partial charge in [-0.3, -0.25) is 9.69 Å². The molecule has 6 nitrogen and oxygen atoms in total. The Morgan fingerprint density at radius 3 is 2.72 bits per heavy atom. The number of hydrogen-bond donors (Lipinski definition) is 2. The Morgan fingerprint density at radius 2 is 2.07 bits per heavy atom. The van der Waals surface area contributed by atoms with Crippen LogP contribution in [0.25, 0.3) is 22.0 Å². The molecule has 1 aromatic carbocycles. The van der Waals surface area contributed by atoms with Gasteiger partial charge in [0, 0.05) is 28.9 Å². The molecule has 0 spiro atoms. The first-order chi connectivity index (χ1) is 13.9. The van der Waals surface area contributed by atoms with Gasteiger partial charge in [-0.2, -0.15) is 0 Å². The number of thiophene rings is 1. The third-order valence-electron chi connectivity index (χ3n) is 6.07. The fourth-order valence-corrected chi connectivity index (χ4v) is 7.07. The number of primary amides is 1. The molecule has 5 rings (SSSR count). The highest BCUT2D eigenvalue weighted by Crippen LogP contribution is 2.38. The summed E-state index contributed by atoms with van der Waals surface area (Å²) in [4.78, 5) is 19.0. The zero-order chi connectivity index (χ0) is 20.2. The van der Waals surface area contributed by atoms with Crippen molar-refractivity contribution in [2.75, 3.05) is 24.6 Å². The maximum absolute atomic E-state index is 12.1. The van der Waals surface area contributed by atoms with E-state index in [0.29, 0.717) is 17.5 Å². The molecule has 0 radical (unpaired) electrons. The normalized spacial score (nSPS) is 21.4. The molecule has 152 valence electrons. The fourth-order valence-electron chi connectivity index (χ4n) is 4.37. The summed E-state index contributed by atoms with van der Waals surface area (Å²) in [7, 11) is -2.99. The summed E-state index contributed by atoms with van der Waals surface area (Å²) in [5, 5.41) is 3.02. The van der Waals surface area contributed by atoms with Gasteiger partial charge in [-0.05, 0) is 66.2 Å². The van der Waals surface area contributed by atoms with Crippen LogP contribution in [0.2, 0.25) is 0 Å². The van der Waals surface area contributed by atoms with Crippen LogP contribution >= 0.6 is 11.3 Å². The molecule has 0 bridgehead atoms. The Kier molecular flexibility index (Phi) is 4.53. The molecule has 2 aliphatic heterocycles. The first-order valence-corrected chi connectivity index (χ1v) is 12.5. The number of fused-ring (bicyclic) bond motifs is 1. The minimum Gasteiger partial charge on any atom is -0.366 e. The summed E-state index contributed by atoms with van der Waals surface area (Å²) in [6, 6.07) is 6.08. The zero-order valence-electron chi connectivity index (χ0n) is 16.0. The lowest BCUT2D eigenvalue weighted by molar-refractivity contribution is 0.100. The molecule has 1 atom stereocenters. The molecular weight excluding hydrogens is 406 g/mol. The van der Waals surface area contributed by atoms with Crippen molar-refractivity contribution in [1.29, 1.82) is 0 Å². The average molecular weight is 430 g/mol. The van der Waals surface area contributed by atoms with Crippen LogP contribution in [0.1, 0.15) is 39.6 Å². The average Bonchev–Trinajstić information content (AvgIpc) is 3.34. The SMILES string of the molecule is NC(=O)c1cc(-c2csc(CN3CCC3)c2)cc2c(C3CCS(=O)(=O)C3)c[nH]c12. The van der Waals surface area contributed by atoms with Gasteiger partial charge in [0.25, 0.3) is 5.91 Å². The minimum absolute atomic E-state index is 0.0471. The Bertz CT molecular complexity index is 1210. The second-order valence-electron chi connectivity index (χ2n) is 8.09. The van der Waals surface area contributed by atoms with E-state index in [9.17, 15) is 13.2 Å². The van der Waals surface area contributed by atoms with Gasteiger partial charge in [-0.1, -0.05) is 0 Å². The van der Waals surface area contributed by atoms with Crippen LogP contribution < -0.4 is 5.73 Å². The maximum atomic E-state index is 12.1. The van der Waals surface area contributed by atoms with Gasteiger partial charge in [0.05, 0.1) is 22.6 Å². The van der Waals surface area contributed by atoms with Crippen LogP contribution in [-0.2, 0) is 16.4 Å². The molecule has 8 heteroatoms. The molecular formula is C21H23N3O3S2. The fraction of sp³-hybridized carbons (Fsp3) is 0.381. The van der Waals surface area contributed by atoms with Crippen LogP contribution in [0, 0.1) is 0 Å². The summed E-state index contributed by atoms with van der Waals surface area (Å²) < 4.78 is 23.9. The van der Waals surface area contributed by atoms with E-state index in [2.05, 4.69) is 27.4 Å². The number of aromatic amines is 1. The summed E-state index contributed by atoms with van der Waals surface area (Å²) in [5.74, 6) is -0.152. The number of hydrogen-bond acceptors (Lipinski definition) is 5. The maximum Gasteiger partial charge on any atom is 0.250 e. The lowest BCUT2D eigenvalue weighted by Gasteiger charge is -2.29. The lowest BCUT2D eigenvalue weighted by Crippen LogP contribution is -2.35. The van der Waals surface area contributed by atoms with Gasteiger partial charge in [0.15, 0.2) is 9.84 Å². The van der Waals surface area contributed by atoms with Gasteiger partial charge in [0.2, 0.25) is 0 Å². The standard InChI is InChI=1S/C21H23N3O3S2/c22-21(25)18-8-14(15-6-16(28-11-15)10-24-3-1-4-24)7-17-19(9-23-20(17)18)13-2-5-29(26,27)12-13/h6-9,11,13,23H,1-5,10,12H2,(H2,22,25). The quantitative estimate of drug-likeness (QED) is 0.651. The summed E-state index contributed by atoms with van der Waals surface area (Å²) in [6.07, 6.45) is 3.73. The highest BCUT2D eigenvalue weighted by Gasteiger charge is 2.31. The second-order valence-corrected chi connectivity index (χ2v) is 11.3. The van der Waals surface area contributed by atoms with Crippen molar-refractivity contribution in [3.63, 3.8) is 0 Å². The number of rotatable bonds is 5. The van der Waals surface area contributed by atoms with Gasteiger partial charge >= 0.3 is 0 Å². The van der Waals surface area contributed by atoms with Crippen molar-refractivity contribution < 1.29 is 13.2 Å². The second kappa shape index (κ2) is 6.97. The smallest absolute Gasteiger partial charge is 0.250 e. The van der Waals surface area contributed by atoms with Crippen molar-refractivity contribution >= 4 is 38.0 Å². The molecule has 2 aliphatic rings. The van der Waals surface area contributed by atoms with Crippen LogP contribution in [0.3, 0.4) is 0 Å². The Labute approximate surface area is 173 Å². The van der Waals surface area contributed by atoms with Gasteiger partial charge in [0.1, 0.15) is 0 Å². The number of benzene rings is 1. The van der Waals surface area contributed by atoms with Crippen molar-refractivity contribution in [3.05, 3.63) is 45.8 Å². The molecule has 2 aromatic heterocycles. The number of nitrogens with two attached hydrogens (primary N) is 1. The Hall–Kier alpha value is -2.16. The number of amides is 1. The molecule has 1 amide bonds. The number of H-pyrrole nitrogens is 1. The number of aromatic nitrogens is 1. The van der Waals surface area contributed by atoms with E-state index in [0.717, 1.165) is 41.7 Å². The van der Waals surface area contributed by atoms with Gasteiger partial charge < -0.3 is 10.7 Å². The molecule has 2 fully saturated rings. The zero-order valence-corrected chi connectivity index (χ0v) is 17.6. The molecule has 3 N–H and O–H groups in total. The number of carbonyl (C=O) groups is 1. The van der Waals surface area contributed by atoms with Crippen molar-refractivity contribution in [2.24, 2.45) is 5.73 Å². The predicted octanol–water partition coefficient (Wildman–Crippen LogP) is 3.10. The number of sulfone groups is 1. The molecule has 4 heterocycles. The minimum atomic E-state index is -2.99. The third-order valence-corrected chi connectivity index (χ3v) is 8.76. The molecule has 2 saturated heterocycles. The molecule has 0 saturated carbocycles. The van der Waals surface area contributed by atoms with Crippen molar-refractivity contribution in [1.82, 2.24) is 9.88 Å². The topological polar surface area (TPSA) is 96.3 Å². The summed E-state index contributed by atoms with van der Waals surface area (Å²) >= 11 is 1.73. The third kappa shape index (κ3) is 3.49. The molecule has 3 aromatic rings. The van der Waals surface area contributed by atoms with Crippen LogP contribution in [0.5, 0.6) is 0 Å². The van der Waals surface area contributed by atoms with E-state index in [4.69, 9.17) is 5.73 Å². The largest absolute Gasteiger partial charge is 0.366 e. The van der Waals surface area contributed by atoms with E-state index >= 15 is 0 Å². The van der Waals surface area contributed by atoms with Crippen LogP contribution in [0.15, 0.2) is 29.8 Å². The van der Waals surface area contributed by atoms with Crippen LogP contribution in [0.4, 0.5) is 0 Å². The van der Waals surface area contributed by atoms with E-state index < -0.39 is 15.7 Å². The van der Waals surface area contributed by atoms with Gasteiger partial charge in [-0.15, -0.1) is 11.3 Å². The number of carbonyl (C=O) groups excluding carboxylic acids is 1. The lowest BCUT2D eigenvalue weighted by atomic mass is 9.94. The van der Waals surface area contributed by atoms with Crippen molar-refractivity contribution in [3.8, 4) is 11.1 Å². The molecule has 1 unspecified atom stereocenters. The predicted molar refractivity (Wildman–Crippen MR) is 116 cm³/mol. The number of likely N-dealkylation sites (tertiary alicyclic amines) is 1. The molecule has 29 heavy (non-hydrogen) atoms. The summed E-state index contributed by atoms with van der Waals surface area (Å²) in [5.41, 5.74) is 9.78. The summed E-state index contributed by atoms with van der Waals surface area (Å²) in [6.45, 7) is 3.27. The Balaban J connectivity index is 1.57. The Morgan fingerprint density at radius 1 is 1.24 bits per heavy atom. The highest BCUT2D eigenvalue weighted by atomic mass is 32.2.